The van der Waals surface area contributed by atoms with Gasteiger partial charge >= 0.3 is 12.2 Å². The fourth-order valence-electron chi connectivity index (χ4n) is 9.09. The van der Waals surface area contributed by atoms with Gasteiger partial charge in [0.15, 0.2) is 0 Å². The molecule has 5 heterocycles. The maximum Gasteiger partial charge on any atom is 0.407 e. The second-order valence-electron chi connectivity index (χ2n) is 17.1. The van der Waals surface area contributed by atoms with Gasteiger partial charge in [-0.1, -0.05) is 76.2 Å². The number of alkyl carbamates (subject to hydrolysis) is 2. The highest BCUT2D eigenvalue weighted by Gasteiger charge is 2.38. The first kappa shape index (κ1) is 42.3. The summed E-state index contributed by atoms with van der Waals surface area (Å²) in [6.45, 7) is 9.82. The minimum absolute atomic E-state index is 0.0637. The first-order chi connectivity index (χ1) is 29.9. The molecule has 62 heavy (non-hydrogen) atoms. The third kappa shape index (κ3) is 8.43. The number of benzene rings is 4. The Hall–Kier alpha value is -6.41. The molecular weight excluding hydrogens is 787 g/mol. The zero-order valence-corrected chi connectivity index (χ0v) is 36.1. The number of ether oxygens (including phenoxy) is 2. The molecule has 8 rings (SSSR count). The molecule has 0 saturated carbocycles. The number of nitrogens with one attached hydrogen (secondary N) is 4. The molecule has 0 aliphatic carbocycles. The van der Waals surface area contributed by atoms with Gasteiger partial charge in [0, 0.05) is 35.6 Å². The SMILES string of the molecule is COC(=O)NC(CN1CCCC1C(=O)Nc1cccc(-c2ccc(-c3ccc(-c4cnc(C5CCCN5C(=O)C(NC(=O)OC)C(C)C)[nH]4)cc3)c3c4ccc(o4)c23)c1)C(C)C. The van der Waals surface area contributed by atoms with E-state index in [0.717, 1.165) is 87.7 Å². The van der Waals surface area contributed by atoms with Crippen molar-refractivity contribution < 1.29 is 33.1 Å². The lowest BCUT2D eigenvalue weighted by molar-refractivity contribution is -0.135. The number of H-pyrrole nitrogens is 1. The van der Waals surface area contributed by atoms with E-state index < -0.39 is 18.2 Å². The van der Waals surface area contributed by atoms with Gasteiger partial charge in [-0.15, -0.1) is 0 Å². The van der Waals surface area contributed by atoms with Crippen LogP contribution in [0.15, 0.2) is 83.4 Å². The molecule has 2 saturated heterocycles. The predicted molar refractivity (Wildman–Crippen MR) is 239 cm³/mol. The Labute approximate surface area is 361 Å². The summed E-state index contributed by atoms with van der Waals surface area (Å²) in [5.41, 5.74) is 8.16. The van der Waals surface area contributed by atoms with Crippen LogP contribution in [0.25, 0.3) is 55.4 Å². The Kier molecular flexibility index (Phi) is 12.2. The van der Waals surface area contributed by atoms with Crippen molar-refractivity contribution in [2.24, 2.45) is 11.8 Å². The van der Waals surface area contributed by atoms with Gasteiger partial charge in [0.1, 0.15) is 23.0 Å². The summed E-state index contributed by atoms with van der Waals surface area (Å²) in [6, 6.07) is 23.1. The summed E-state index contributed by atoms with van der Waals surface area (Å²) in [7, 11) is 2.65. The Bertz CT molecular complexity index is 2560. The molecule has 2 fully saturated rings. The van der Waals surface area contributed by atoms with E-state index in [0.29, 0.717) is 24.6 Å². The highest BCUT2D eigenvalue weighted by Crippen LogP contribution is 2.44. The average molecular weight is 842 g/mol. The van der Waals surface area contributed by atoms with Gasteiger partial charge < -0.3 is 39.7 Å². The summed E-state index contributed by atoms with van der Waals surface area (Å²) in [6.07, 6.45) is 3.96. The van der Waals surface area contributed by atoms with Crippen molar-refractivity contribution in [3.8, 4) is 33.5 Å². The Balaban J connectivity index is 0.993. The van der Waals surface area contributed by atoms with Crippen molar-refractivity contribution in [3.63, 3.8) is 0 Å². The van der Waals surface area contributed by atoms with Gasteiger partial charge in [0.05, 0.1) is 38.2 Å². The molecule has 4 amide bonds. The number of carbonyl (C=O) groups excluding carboxylic acids is 4. The van der Waals surface area contributed by atoms with Crippen LogP contribution in [0.1, 0.15) is 65.2 Å². The van der Waals surface area contributed by atoms with Crippen LogP contribution in [-0.4, -0.2) is 95.7 Å². The largest absolute Gasteiger partial charge is 0.456 e. The van der Waals surface area contributed by atoms with Crippen molar-refractivity contribution in [1.82, 2.24) is 30.4 Å². The lowest BCUT2D eigenvalue weighted by Gasteiger charge is -2.30. The van der Waals surface area contributed by atoms with E-state index in [4.69, 9.17) is 18.9 Å². The number of likely N-dealkylation sites (tertiary alicyclic amines) is 2. The Morgan fingerprint density at radius 2 is 1.45 bits per heavy atom. The zero-order valence-electron chi connectivity index (χ0n) is 36.1. The lowest BCUT2D eigenvalue weighted by Crippen LogP contribution is -2.51. The molecule has 4 atom stereocenters. The number of hydrogen-bond acceptors (Lipinski definition) is 9. The summed E-state index contributed by atoms with van der Waals surface area (Å²) in [5.74, 6) is 0.556. The lowest BCUT2D eigenvalue weighted by atomic mass is 9.91. The van der Waals surface area contributed by atoms with Crippen LogP contribution in [0.5, 0.6) is 0 Å². The normalized spacial score (nSPS) is 17.8. The van der Waals surface area contributed by atoms with Gasteiger partial charge in [0.2, 0.25) is 11.8 Å². The van der Waals surface area contributed by atoms with Crippen molar-refractivity contribution in [1.29, 1.82) is 0 Å². The zero-order chi connectivity index (χ0) is 43.7. The molecule has 3 aromatic carbocycles. The van der Waals surface area contributed by atoms with Crippen LogP contribution in [0.4, 0.5) is 15.3 Å². The predicted octanol–water partition coefficient (Wildman–Crippen LogP) is 8.58. The minimum atomic E-state index is -0.700. The number of hydrogen-bond donors (Lipinski definition) is 4. The number of nitrogens with zero attached hydrogens (tertiary/aromatic N) is 3. The first-order valence-corrected chi connectivity index (χ1v) is 21.5. The summed E-state index contributed by atoms with van der Waals surface area (Å²) >= 11 is 0. The molecular formula is C48H55N7O7. The first-order valence-electron chi connectivity index (χ1n) is 21.5. The quantitative estimate of drug-likeness (QED) is 0.0889. The number of methoxy groups -OCH3 is 2. The van der Waals surface area contributed by atoms with Crippen LogP contribution in [0, 0.1) is 11.8 Å². The standard InChI is InChI=1S/C48H55N7O7/c1-27(2)36(52-47(58)60-5)26-54-22-8-13-38(54)45(56)50-32-11-7-10-31(24-32)34-19-18-33(41-39-20-21-40(62-39)42(34)41)29-14-16-30(17-15-29)35-25-49-44(51-35)37-12-9-23-55(37)46(57)43(28(3)4)53-48(59)61-6/h7,10-11,14-21,24-25,27-28,36-38,43H,8-9,12-13,22-23,26H2,1-6H3,(H,49,51)(H,50,56)(H,52,58)(H,53,59). The second kappa shape index (κ2) is 17.9. The van der Waals surface area contributed by atoms with E-state index in [-0.39, 0.29) is 41.8 Å². The summed E-state index contributed by atoms with van der Waals surface area (Å²) in [5, 5.41) is 10.9. The molecule has 324 valence electrons. The van der Waals surface area contributed by atoms with Crippen LogP contribution >= 0.6 is 0 Å². The number of rotatable bonds is 13. The molecule has 2 bridgehead atoms. The smallest absolute Gasteiger partial charge is 0.407 e. The number of furan rings is 2. The number of aromatic nitrogens is 2. The van der Waals surface area contributed by atoms with Crippen LogP contribution in [0.3, 0.4) is 0 Å². The average Bonchev–Trinajstić information content (AvgIpc) is 4.14. The molecule has 14 nitrogen and oxygen atoms in total. The second-order valence-corrected chi connectivity index (χ2v) is 17.1. The highest BCUT2D eigenvalue weighted by atomic mass is 16.5. The number of anilines is 1. The van der Waals surface area contributed by atoms with Crippen molar-refractivity contribution in [2.45, 2.75) is 77.5 Å². The van der Waals surface area contributed by atoms with Crippen molar-refractivity contribution in [2.75, 3.05) is 39.2 Å². The molecule has 14 heteroatoms. The topological polar surface area (TPSA) is 171 Å². The molecule has 6 aromatic rings. The van der Waals surface area contributed by atoms with Gasteiger partial charge in [0.25, 0.3) is 0 Å². The van der Waals surface area contributed by atoms with Crippen LogP contribution in [0.2, 0.25) is 0 Å². The molecule has 4 unspecified atom stereocenters. The van der Waals surface area contributed by atoms with Gasteiger partial charge in [-0.2, -0.15) is 0 Å². The van der Waals surface area contributed by atoms with Crippen LogP contribution < -0.4 is 16.0 Å². The van der Waals surface area contributed by atoms with E-state index in [2.05, 4.69) is 68.3 Å². The minimum Gasteiger partial charge on any atom is -0.456 e. The fraction of sp³-hybridized carbons (Fsp3) is 0.396. The Morgan fingerprint density at radius 3 is 2.13 bits per heavy atom. The number of imidazole rings is 1. The molecule has 2 aliphatic rings. The van der Waals surface area contributed by atoms with Gasteiger partial charge in [-0.25, -0.2) is 14.6 Å². The third-order valence-corrected chi connectivity index (χ3v) is 12.5. The molecule has 0 spiro atoms. The monoisotopic (exact) mass is 841 g/mol. The summed E-state index contributed by atoms with van der Waals surface area (Å²) in [4.78, 5) is 63.6. The van der Waals surface area contributed by atoms with Gasteiger partial charge in [-0.3, -0.25) is 14.5 Å². The van der Waals surface area contributed by atoms with Crippen molar-refractivity contribution in [3.05, 3.63) is 84.8 Å². The van der Waals surface area contributed by atoms with E-state index in [1.165, 1.54) is 14.2 Å². The van der Waals surface area contributed by atoms with Crippen LogP contribution in [-0.2, 0) is 19.1 Å². The summed E-state index contributed by atoms with van der Waals surface area (Å²) < 4.78 is 15.9. The fourth-order valence-corrected chi connectivity index (χ4v) is 9.09. The van der Waals surface area contributed by atoms with Crippen molar-refractivity contribution >= 4 is 51.6 Å². The maximum atomic E-state index is 13.8. The number of carbonyl (C=O) groups is 4. The van der Waals surface area contributed by atoms with E-state index >= 15 is 0 Å². The molecule has 0 radical (unpaired) electrons. The maximum absolute atomic E-state index is 13.8. The molecule has 4 N–H and O–H groups in total. The number of amides is 4. The van der Waals surface area contributed by atoms with Gasteiger partial charge in [-0.05, 0) is 96.1 Å². The number of aromatic amines is 1. The highest BCUT2D eigenvalue weighted by molar-refractivity contribution is 6.19. The van der Waals surface area contributed by atoms with E-state index in [9.17, 15) is 19.2 Å². The molecule has 2 aliphatic heterocycles. The third-order valence-electron chi connectivity index (χ3n) is 12.5. The van der Waals surface area contributed by atoms with E-state index in [1.807, 2.05) is 69.1 Å². The number of fused-ring (bicyclic) bond motifs is 5. The Morgan fingerprint density at radius 1 is 0.790 bits per heavy atom. The van der Waals surface area contributed by atoms with E-state index in [1.54, 1.807) is 0 Å². The molecule has 3 aromatic heterocycles.